The van der Waals surface area contributed by atoms with Crippen LogP contribution in [0.2, 0.25) is 0 Å². The van der Waals surface area contributed by atoms with Crippen molar-refractivity contribution >= 4 is 5.97 Å². The van der Waals surface area contributed by atoms with Crippen LogP contribution in [0.1, 0.15) is 16.1 Å². The van der Waals surface area contributed by atoms with Gasteiger partial charge in [-0.2, -0.15) is 0 Å². The second kappa shape index (κ2) is 4.84. The normalized spacial score (nSPS) is 8.93. The predicted octanol–water partition coefficient (Wildman–Crippen LogP) is 1.68. The Morgan fingerprint density at radius 3 is 3.21 bits per heavy atom. The third-order valence-electron chi connectivity index (χ3n) is 1.57. The molecule has 0 aromatic carbocycles. The topological polar surface area (TPSA) is 88.0 Å². The highest BCUT2D eigenvalue weighted by molar-refractivity contribution is 5.88. The second-order valence-corrected chi connectivity index (χ2v) is 2.39. The Kier molecular flexibility index (Phi) is 3.46. The maximum absolute atomic E-state index is 11.2. The molecule has 6 nitrogen and oxygen atoms in total. The average molecular weight is 192 g/mol. The number of pyridine rings is 1. The number of nitrogens with zero attached hydrogens (tertiary/aromatic N) is 4. The Morgan fingerprint density at radius 2 is 2.57 bits per heavy atom. The maximum atomic E-state index is 11.2. The van der Waals surface area contributed by atoms with Gasteiger partial charge in [-0.25, -0.2) is 9.78 Å². The van der Waals surface area contributed by atoms with Gasteiger partial charge in [0.15, 0.2) is 5.69 Å². The zero-order valence-electron chi connectivity index (χ0n) is 7.54. The van der Waals surface area contributed by atoms with Gasteiger partial charge in [-0.1, -0.05) is 11.2 Å². The minimum atomic E-state index is -0.534. The van der Waals surface area contributed by atoms with Gasteiger partial charge in [0, 0.05) is 11.1 Å². The van der Waals surface area contributed by atoms with Crippen LogP contribution in [0.25, 0.3) is 10.4 Å². The molecule has 6 heteroatoms. The minimum absolute atomic E-state index is 0.0920. The van der Waals surface area contributed by atoms with Crippen molar-refractivity contribution in [1.82, 2.24) is 4.98 Å². The van der Waals surface area contributed by atoms with Crippen molar-refractivity contribution < 1.29 is 9.53 Å². The van der Waals surface area contributed by atoms with E-state index >= 15 is 0 Å². The Bertz CT molecular complexity index is 385. The Balaban J connectivity index is 3.02. The summed E-state index contributed by atoms with van der Waals surface area (Å²) in [7, 11) is 1.27. The number of aromatic nitrogens is 1. The third kappa shape index (κ3) is 2.21. The largest absolute Gasteiger partial charge is 0.464 e. The number of hydrogen-bond donors (Lipinski definition) is 0. The molecule has 1 aromatic heterocycles. The van der Waals surface area contributed by atoms with E-state index in [4.69, 9.17) is 5.53 Å². The van der Waals surface area contributed by atoms with Crippen molar-refractivity contribution in [2.24, 2.45) is 5.11 Å². The van der Waals surface area contributed by atoms with Gasteiger partial charge in [-0.3, -0.25) is 0 Å². The van der Waals surface area contributed by atoms with E-state index in [0.717, 1.165) is 0 Å². The van der Waals surface area contributed by atoms with Gasteiger partial charge in [0.05, 0.1) is 13.7 Å². The van der Waals surface area contributed by atoms with Gasteiger partial charge < -0.3 is 4.74 Å². The van der Waals surface area contributed by atoms with Crippen molar-refractivity contribution in [3.63, 3.8) is 0 Å². The van der Waals surface area contributed by atoms with Crippen LogP contribution in [0, 0.1) is 0 Å². The molecule has 0 N–H and O–H groups in total. The number of hydrogen-bond acceptors (Lipinski definition) is 4. The Hall–Kier alpha value is -2.07. The molecule has 0 spiro atoms. The van der Waals surface area contributed by atoms with E-state index < -0.39 is 5.97 Å². The summed E-state index contributed by atoms with van der Waals surface area (Å²) in [4.78, 5) is 17.6. The van der Waals surface area contributed by atoms with Gasteiger partial charge in [-0.05, 0) is 17.2 Å². The summed E-state index contributed by atoms with van der Waals surface area (Å²) in [5.74, 6) is -0.534. The summed E-state index contributed by atoms with van der Waals surface area (Å²) in [6, 6.07) is 3.32. The molecule has 72 valence electrons. The van der Waals surface area contributed by atoms with Crippen molar-refractivity contribution in [1.29, 1.82) is 0 Å². The molecule has 0 bridgehead atoms. The molecule has 0 unspecified atom stereocenters. The monoisotopic (exact) mass is 192 g/mol. The lowest BCUT2D eigenvalue weighted by Gasteiger charge is -2.02. The SMILES string of the molecule is COC(=O)c1ncccc1CN=[N+]=[N-]. The molecule has 1 rings (SSSR count). The standard InChI is InChI=1S/C8H8N4O2/c1-14-8(13)7-6(5-11-12-9)3-2-4-10-7/h2-4H,5H2,1H3. The van der Waals surface area contributed by atoms with Crippen LogP contribution in [0.5, 0.6) is 0 Å². The number of azide groups is 1. The number of carbonyl (C=O) groups excluding carboxylic acids is 1. The summed E-state index contributed by atoms with van der Waals surface area (Å²) >= 11 is 0. The summed E-state index contributed by atoms with van der Waals surface area (Å²) in [6.07, 6.45) is 1.48. The molecular formula is C8H8N4O2. The van der Waals surface area contributed by atoms with Crippen LogP contribution in [-0.4, -0.2) is 18.1 Å². The van der Waals surface area contributed by atoms with E-state index in [-0.39, 0.29) is 12.2 Å². The number of carbonyl (C=O) groups is 1. The lowest BCUT2D eigenvalue weighted by Crippen LogP contribution is -2.07. The summed E-state index contributed by atoms with van der Waals surface area (Å²) < 4.78 is 4.52. The van der Waals surface area contributed by atoms with Crippen LogP contribution >= 0.6 is 0 Å². The Labute approximate surface area is 80.2 Å². The molecule has 0 atom stereocenters. The lowest BCUT2D eigenvalue weighted by atomic mass is 10.2. The number of rotatable bonds is 3. The van der Waals surface area contributed by atoms with Gasteiger partial charge in [-0.15, -0.1) is 0 Å². The van der Waals surface area contributed by atoms with E-state index in [1.807, 2.05) is 0 Å². The van der Waals surface area contributed by atoms with Gasteiger partial charge in [0.2, 0.25) is 0 Å². The first kappa shape index (κ1) is 10.0. The molecule has 0 aliphatic rings. The van der Waals surface area contributed by atoms with Gasteiger partial charge in [0.1, 0.15) is 0 Å². The van der Waals surface area contributed by atoms with Gasteiger partial charge in [0.25, 0.3) is 0 Å². The van der Waals surface area contributed by atoms with Crippen LogP contribution in [0.15, 0.2) is 23.4 Å². The van der Waals surface area contributed by atoms with Gasteiger partial charge >= 0.3 is 5.97 Å². The molecular weight excluding hydrogens is 184 g/mol. The quantitative estimate of drug-likeness (QED) is 0.316. The van der Waals surface area contributed by atoms with Crippen molar-refractivity contribution in [2.45, 2.75) is 6.54 Å². The first-order chi connectivity index (χ1) is 6.79. The number of methoxy groups -OCH3 is 1. The molecule has 0 radical (unpaired) electrons. The van der Waals surface area contributed by atoms with Crippen molar-refractivity contribution in [3.8, 4) is 0 Å². The lowest BCUT2D eigenvalue weighted by molar-refractivity contribution is 0.0592. The molecule has 1 heterocycles. The van der Waals surface area contributed by atoms with Crippen LogP contribution in [-0.2, 0) is 11.3 Å². The third-order valence-corrected chi connectivity index (χ3v) is 1.57. The zero-order valence-corrected chi connectivity index (χ0v) is 7.54. The molecule has 1 aromatic rings. The molecule has 0 fully saturated rings. The second-order valence-electron chi connectivity index (χ2n) is 2.39. The fraction of sp³-hybridized carbons (Fsp3) is 0.250. The van der Waals surface area contributed by atoms with Crippen LogP contribution in [0.4, 0.5) is 0 Å². The zero-order chi connectivity index (χ0) is 10.4. The van der Waals surface area contributed by atoms with Crippen molar-refractivity contribution in [3.05, 3.63) is 40.0 Å². The van der Waals surface area contributed by atoms with Crippen molar-refractivity contribution in [2.75, 3.05) is 7.11 Å². The summed E-state index contributed by atoms with van der Waals surface area (Å²) in [5, 5.41) is 3.35. The molecule has 0 amide bonds. The average Bonchev–Trinajstić information content (AvgIpc) is 2.25. The highest BCUT2D eigenvalue weighted by Crippen LogP contribution is 2.08. The molecule has 0 aliphatic carbocycles. The molecule has 0 saturated carbocycles. The highest BCUT2D eigenvalue weighted by atomic mass is 16.5. The van der Waals surface area contributed by atoms with E-state index in [0.29, 0.717) is 5.56 Å². The smallest absolute Gasteiger partial charge is 0.356 e. The first-order valence-electron chi connectivity index (χ1n) is 3.82. The van der Waals surface area contributed by atoms with E-state index in [9.17, 15) is 4.79 Å². The number of ether oxygens (including phenoxy) is 1. The predicted molar refractivity (Wildman–Crippen MR) is 48.4 cm³/mol. The number of esters is 1. The molecule has 14 heavy (non-hydrogen) atoms. The van der Waals surface area contributed by atoms with E-state index in [1.54, 1.807) is 12.1 Å². The summed E-state index contributed by atoms with van der Waals surface area (Å²) in [6.45, 7) is 0.0920. The Morgan fingerprint density at radius 1 is 1.79 bits per heavy atom. The van der Waals surface area contributed by atoms with Crippen LogP contribution < -0.4 is 0 Å². The molecule has 0 aliphatic heterocycles. The summed E-state index contributed by atoms with van der Waals surface area (Å²) in [5.41, 5.74) is 8.87. The van der Waals surface area contributed by atoms with Crippen LogP contribution in [0.3, 0.4) is 0 Å². The highest BCUT2D eigenvalue weighted by Gasteiger charge is 2.11. The van der Waals surface area contributed by atoms with E-state index in [2.05, 4.69) is 19.7 Å². The first-order valence-corrected chi connectivity index (χ1v) is 3.82. The van der Waals surface area contributed by atoms with E-state index in [1.165, 1.54) is 13.3 Å². The fourth-order valence-electron chi connectivity index (χ4n) is 0.954. The minimum Gasteiger partial charge on any atom is -0.464 e. The maximum Gasteiger partial charge on any atom is 0.356 e. The fourth-order valence-corrected chi connectivity index (χ4v) is 0.954. The molecule has 0 saturated heterocycles.